The third-order valence-corrected chi connectivity index (χ3v) is 3.40. The number of carbonyl (C=O) groups excluding carboxylic acids is 1. The highest BCUT2D eigenvalue weighted by Gasteiger charge is 2.17. The Morgan fingerprint density at radius 2 is 2.00 bits per heavy atom. The van der Waals surface area contributed by atoms with Crippen LogP contribution in [0.5, 0.6) is 0 Å². The monoisotopic (exact) mass is 356 g/mol. The first-order chi connectivity index (χ1) is 7.47. The molecule has 1 aromatic carbocycles. The summed E-state index contributed by atoms with van der Waals surface area (Å²) in [6, 6.07) is 1.09. The smallest absolute Gasteiger partial charge is 0.310 e. The predicted octanol–water partition coefficient (Wildman–Crippen LogP) is 3.60. The molecule has 2 nitrogen and oxygen atoms in total. The van der Waals surface area contributed by atoms with Gasteiger partial charge in [-0.25, -0.2) is 8.78 Å². The second-order valence-electron chi connectivity index (χ2n) is 2.94. The second kappa shape index (κ2) is 5.72. The standard InChI is InChI=1S/C10H8Br2F2O2/c1-2-16-7(15)4-5-3-6(13)9(12)10(14)8(5)11/h3H,2,4H2,1H3. The molecule has 0 saturated heterocycles. The van der Waals surface area contributed by atoms with E-state index in [1.807, 2.05) is 0 Å². The summed E-state index contributed by atoms with van der Waals surface area (Å²) in [6.45, 7) is 1.90. The number of ether oxygens (including phenoxy) is 1. The molecule has 0 atom stereocenters. The Balaban J connectivity index is 3.02. The van der Waals surface area contributed by atoms with Crippen molar-refractivity contribution in [2.75, 3.05) is 6.61 Å². The molecule has 0 aliphatic carbocycles. The van der Waals surface area contributed by atoms with E-state index in [0.717, 1.165) is 6.07 Å². The fourth-order valence-electron chi connectivity index (χ4n) is 1.12. The molecule has 0 fully saturated rings. The summed E-state index contributed by atoms with van der Waals surface area (Å²) in [4.78, 5) is 11.2. The van der Waals surface area contributed by atoms with Gasteiger partial charge in [0.25, 0.3) is 0 Å². The lowest BCUT2D eigenvalue weighted by Crippen LogP contribution is -2.09. The van der Waals surface area contributed by atoms with Crippen LogP contribution in [0, 0.1) is 11.6 Å². The number of esters is 1. The van der Waals surface area contributed by atoms with Crippen molar-refractivity contribution in [2.45, 2.75) is 13.3 Å². The highest BCUT2D eigenvalue weighted by Crippen LogP contribution is 2.30. The fourth-order valence-corrected chi connectivity index (χ4v) is 2.15. The van der Waals surface area contributed by atoms with Gasteiger partial charge in [-0.1, -0.05) is 0 Å². The van der Waals surface area contributed by atoms with Crippen molar-refractivity contribution in [3.63, 3.8) is 0 Å². The number of carbonyl (C=O) groups is 1. The minimum absolute atomic E-state index is 0.0637. The lowest BCUT2D eigenvalue weighted by molar-refractivity contribution is -0.142. The zero-order chi connectivity index (χ0) is 12.3. The molecule has 0 spiro atoms. The van der Waals surface area contributed by atoms with E-state index in [1.54, 1.807) is 6.92 Å². The summed E-state index contributed by atoms with van der Waals surface area (Å²) in [7, 11) is 0. The number of rotatable bonds is 3. The van der Waals surface area contributed by atoms with E-state index < -0.39 is 17.6 Å². The van der Waals surface area contributed by atoms with Crippen molar-refractivity contribution in [3.05, 3.63) is 32.2 Å². The molecule has 0 bridgehead atoms. The molecule has 1 aromatic rings. The van der Waals surface area contributed by atoms with Crippen molar-refractivity contribution < 1.29 is 18.3 Å². The van der Waals surface area contributed by atoms with Gasteiger partial charge in [0, 0.05) is 0 Å². The first kappa shape index (κ1) is 13.6. The van der Waals surface area contributed by atoms with Gasteiger partial charge in [0.1, 0.15) is 5.82 Å². The summed E-state index contributed by atoms with van der Waals surface area (Å²) >= 11 is 5.73. The van der Waals surface area contributed by atoms with Crippen LogP contribution in [0.2, 0.25) is 0 Å². The van der Waals surface area contributed by atoms with E-state index >= 15 is 0 Å². The Bertz CT molecular complexity index is 422. The zero-order valence-electron chi connectivity index (χ0n) is 8.32. The normalized spacial score (nSPS) is 10.3. The Hall–Kier alpha value is -0.490. The van der Waals surface area contributed by atoms with Gasteiger partial charge in [0.05, 0.1) is 22.0 Å². The van der Waals surface area contributed by atoms with E-state index in [0.29, 0.717) is 0 Å². The quantitative estimate of drug-likeness (QED) is 0.469. The Labute approximate surface area is 108 Å². The largest absolute Gasteiger partial charge is 0.466 e. The predicted molar refractivity (Wildman–Crippen MR) is 62.1 cm³/mol. The van der Waals surface area contributed by atoms with Crippen molar-refractivity contribution in [1.29, 1.82) is 0 Å². The van der Waals surface area contributed by atoms with Gasteiger partial charge in [-0.2, -0.15) is 0 Å². The van der Waals surface area contributed by atoms with Crippen LogP contribution in [0.3, 0.4) is 0 Å². The van der Waals surface area contributed by atoms with Gasteiger partial charge >= 0.3 is 5.97 Å². The first-order valence-electron chi connectivity index (χ1n) is 4.44. The van der Waals surface area contributed by atoms with Crippen LogP contribution in [0.4, 0.5) is 8.78 Å². The van der Waals surface area contributed by atoms with Crippen molar-refractivity contribution in [3.8, 4) is 0 Å². The molecule has 0 aliphatic rings. The summed E-state index contributed by atoms with van der Waals surface area (Å²) in [5.41, 5.74) is 0.219. The van der Waals surface area contributed by atoms with Crippen molar-refractivity contribution in [1.82, 2.24) is 0 Å². The Kier molecular flexibility index (Phi) is 4.86. The molecule has 0 aliphatic heterocycles. The van der Waals surface area contributed by atoms with E-state index in [9.17, 15) is 13.6 Å². The number of halogens is 4. The minimum atomic E-state index is -0.765. The first-order valence-corrected chi connectivity index (χ1v) is 6.03. The molecule has 16 heavy (non-hydrogen) atoms. The average Bonchev–Trinajstić information content (AvgIpc) is 2.23. The highest BCUT2D eigenvalue weighted by molar-refractivity contribution is 9.11. The van der Waals surface area contributed by atoms with Crippen molar-refractivity contribution in [2.24, 2.45) is 0 Å². The fraction of sp³-hybridized carbons (Fsp3) is 0.300. The van der Waals surface area contributed by atoms with E-state index in [1.165, 1.54) is 0 Å². The van der Waals surface area contributed by atoms with Gasteiger partial charge in [-0.05, 0) is 50.4 Å². The summed E-state index contributed by atoms with van der Waals surface area (Å²) in [5, 5.41) is 0. The summed E-state index contributed by atoms with van der Waals surface area (Å²) < 4.78 is 31.1. The number of hydrogen-bond acceptors (Lipinski definition) is 2. The zero-order valence-corrected chi connectivity index (χ0v) is 11.5. The SMILES string of the molecule is CCOC(=O)Cc1cc(F)c(Br)c(F)c1Br. The molecular weight excluding hydrogens is 350 g/mol. The average molecular weight is 358 g/mol. The van der Waals surface area contributed by atoms with Crippen LogP contribution in [-0.2, 0) is 16.0 Å². The van der Waals surface area contributed by atoms with Gasteiger partial charge in [-0.3, -0.25) is 4.79 Å². The van der Waals surface area contributed by atoms with E-state index in [2.05, 4.69) is 31.9 Å². The van der Waals surface area contributed by atoms with Gasteiger partial charge in [0.15, 0.2) is 5.82 Å². The third kappa shape index (κ3) is 3.01. The molecule has 1 rings (SSSR count). The topological polar surface area (TPSA) is 26.3 Å². The Morgan fingerprint density at radius 1 is 1.38 bits per heavy atom. The molecule has 0 amide bonds. The highest BCUT2D eigenvalue weighted by atomic mass is 79.9. The van der Waals surface area contributed by atoms with Gasteiger partial charge < -0.3 is 4.74 Å². The van der Waals surface area contributed by atoms with Gasteiger partial charge in [-0.15, -0.1) is 0 Å². The molecule has 88 valence electrons. The molecule has 0 unspecified atom stereocenters. The lowest BCUT2D eigenvalue weighted by atomic mass is 10.1. The maximum absolute atomic E-state index is 13.4. The van der Waals surface area contributed by atoms with Crippen LogP contribution in [-0.4, -0.2) is 12.6 Å². The van der Waals surface area contributed by atoms with Crippen LogP contribution in [0.25, 0.3) is 0 Å². The molecule has 6 heteroatoms. The van der Waals surface area contributed by atoms with E-state index in [-0.39, 0.29) is 27.5 Å². The second-order valence-corrected chi connectivity index (χ2v) is 4.53. The van der Waals surface area contributed by atoms with Crippen LogP contribution in [0.1, 0.15) is 12.5 Å². The minimum Gasteiger partial charge on any atom is -0.466 e. The molecule has 0 saturated carbocycles. The van der Waals surface area contributed by atoms with Crippen LogP contribution < -0.4 is 0 Å². The Morgan fingerprint density at radius 3 is 2.56 bits per heavy atom. The third-order valence-electron chi connectivity index (χ3n) is 1.82. The maximum Gasteiger partial charge on any atom is 0.310 e. The molecular formula is C10H8Br2F2O2. The molecule has 0 aromatic heterocycles. The van der Waals surface area contributed by atoms with Crippen LogP contribution in [0.15, 0.2) is 15.0 Å². The number of benzene rings is 1. The summed E-state index contributed by atoms with van der Waals surface area (Å²) in [6.07, 6.45) is -0.171. The molecule has 0 heterocycles. The number of hydrogen-bond donors (Lipinski definition) is 0. The summed E-state index contributed by atoms with van der Waals surface area (Å²) in [5.74, 6) is -2.04. The van der Waals surface area contributed by atoms with Gasteiger partial charge in [0.2, 0.25) is 0 Å². The van der Waals surface area contributed by atoms with Crippen LogP contribution >= 0.6 is 31.9 Å². The maximum atomic E-state index is 13.4. The van der Waals surface area contributed by atoms with Crippen molar-refractivity contribution >= 4 is 37.8 Å². The van der Waals surface area contributed by atoms with E-state index in [4.69, 9.17) is 4.74 Å². The molecule has 0 radical (unpaired) electrons. The lowest BCUT2D eigenvalue weighted by Gasteiger charge is -2.07. The molecule has 0 N–H and O–H groups in total.